The summed E-state index contributed by atoms with van der Waals surface area (Å²) in [5, 5.41) is 2.89. The molecule has 0 radical (unpaired) electrons. The van der Waals surface area contributed by atoms with Crippen molar-refractivity contribution in [1.82, 2.24) is 4.90 Å². The lowest BCUT2D eigenvalue weighted by atomic mass is 9.97. The van der Waals surface area contributed by atoms with Crippen LogP contribution < -0.4 is 10.1 Å². The summed E-state index contributed by atoms with van der Waals surface area (Å²) >= 11 is 0. The van der Waals surface area contributed by atoms with E-state index in [4.69, 9.17) is 4.74 Å². The van der Waals surface area contributed by atoms with Crippen LogP contribution in [0, 0.1) is 5.82 Å². The molecule has 0 aromatic heterocycles. The lowest BCUT2D eigenvalue weighted by Gasteiger charge is -2.28. The number of ether oxygens (including phenoxy) is 1. The molecule has 4 nitrogen and oxygen atoms in total. The Labute approximate surface area is 164 Å². The van der Waals surface area contributed by atoms with E-state index >= 15 is 0 Å². The first-order valence-electron chi connectivity index (χ1n) is 9.01. The predicted molar refractivity (Wildman–Crippen MR) is 109 cm³/mol. The third-order valence-corrected chi connectivity index (χ3v) is 4.49. The van der Waals surface area contributed by atoms with Crippen molar-refractivity contribution in [3.8, 4) is 5.75 Å². The van der Waals surface area contributed by atoms with Gasteiger partial charge in [-0.3, -0.25) is 9.69 Å². The van der Waals surface area contributed by atoms with Gasteiger partial charge >= 0.3 is 0 Å². The molecule has 0 aliphatic heterocycles. The van der Waals surface area contributed by atoms with Crippen LogP contribution in [0.25, 0.3) is 0 Å². The van der Waals surface area contributed by atoms with Crippen LogP contribution in [-0.2, 0) is 4.79 Å². The number of halogens is 1. The van der Waals surface area contributed by atoms with Crippen LogP contribution in [0.1, 0.15) is 17.2 Å². The SMILES string of the molecule is COc1cccc(NC(=O)CN(C)C(c2ccccc2)c2ccc(F)cc2)c1. The minimum Gasteiger partial charge on any atom is -0.497 e. The van der Waals surface area contributed by atoms with E-state index in [9.17, 15) is 9.18 Å². The number of carbonyl (C=O) groups excluding carboxylic acids is 1. The Morgan fingerprint density at radius 2 is 1.68 bits per heavy atom. The van der Waals surface area contributed by atoms with E-state index in [1.165, 1.54) is 12.1 Å². The smallest absolute Gasteiger partial charge is 0.238 e. The van der Waals surface area contributed by atoms with Gasteiger partial charge in [-0.2, -0.15) is 0 Å². The van der Waals surface area contributed by atoms with Gasteiger partial charge < -0.3 is 10.1 Å². The molecular formula is C23H23FN2O2. The fourth-order valence-electron chi connectivity index (χ4n) is 3.20. The second kappa shape index (κ2) is 9.15. The normalized spacial score (nSPS) is 11.9. The highest BCUT2D eigenvalue weighted by molar-refractivity contribution is 5.92. The molecule has 1 unspecified atom stereocenters. The van der Waals surface area contributed by atoms with Crippen LogP contribution in [0.2, 0.25) is 0 Å². The fraction of sp³-hybridized carbons (Fsp3) is 0.174. The molecule has 3 aromatic rings. The number of nitrogens with one attached hydrogen (secondary N) is 1. The Morgan fingerprint density at radius 1 is 1.00 bits per heavy atom. The van der Waals surface area contributed by atoms with Gasteiger partial charge in [0.1, 0.15) is 11.6 Å². The maximum atomic E-state index is 13.4. The molecule has 0 aliphatic carbocycles. The number of likely N-dealkylation sites (N-methyl/N-ethyl adjacent to an activating group) is 1. The number of benzene rings is 3. The minimum atomic E-state index is -0.283. The van der Waals surface area contributed by atoms with Gasteiger partial charge in [-0.25, -0.2) is 4.39 Å². The molecule has 144 valence electrons. The summed E-state index contributed by atoms with van der Waals surface area (Å²) in [6, 6.07) is 23.3. The van der Waals surface area contributed by atoms with Crippen LogP contribution in [0.3, 0.4) is 0 Å². The van der Waals surface area contributed by atoms with Crippen LogP contribution in [0.15, 0.2) is 78.9 Å². The maximum absolute atomic E-state index is 13.4. The number of methoxy groups -OCH3 is 1. The van der Waals surface area contributed by atoms with Gasteiger partial charge in [-0.15, -0.1) is 0 Å². The molecule has 0 aliphatic rings. The highest BCUT2D eigenvalue weighted by Gasteiger charge is 2.21. The lowest BCUT2D eigenvalue weighted by Crippen LogP contribution is -2.34. The summed E-state index contributed by atoms with van der Waals surface area (Å²) in [4.78, 5) is 14.5. The monoisotopic (exact) mass is 378 g/mol. The summed E-state index contributed by atoms with van der Waals surface area (Å²) in [5.41, 5.74) is 2.63. The van der Waals surface area contributed by atoms with Crippen molar-refractivity contribution in [3.63, 3.8) is 0 Å². The minimum absolute atomic E-state index is 0.140. The summed E-state index contributed by atoms with van der Waals surface area (Å²) in [6.07, 6.45) is 0. The largest absolute Gasteiger partial charge is 0.497 e. The first kappa shape index (κ1) is 19.6. The topological polar surface area (TPSA) is 41.6 Å². The zero-order chi connectivity index (χ0) is 19.9. The van der Waals surface area contributed by atoms with Crippen molar-refractivity contribution in [2.45, 2.75) is 6.04 Å². The Bertz CT molecular complexity index is 913. The average Bonchev–Trinajstić information content (AvgIpc) is 2.70. The first-order valence-corrected chi connectivity index (χ1v) is 9.01. The van der Waals surface area contributed by atoms with Gasteiger partial charge in [0, 0.05) is 11.8 Å². The van der Waals surface area contributed by atoms with Crippen molar-refractivity contribution >= 4 is 11.6 Å². The van der Waals surface area contributed by atoms with Crippen LogP contribution in [-0.4, -0.2) is 31.5 Å². The number of hydrogen-bond donors (Lipinski definition) is 1. The van der Waals surface area contributed by atoms with Crippen molar-refractivity contribution in [2.24, 2.45) is 0 Å². The van der Waals surface area contributed by atoms with E-state index in [-0.39, 0.29) is 24.3 Å². The van der Waals surface area contributed by atoms with E-state index < -0.39 is 0 Å². The van der Waals surface area contributed by atoms with Gasteiger partial charge in [0.15, 0.2) is 0 Å². The second-order valence-electron chi connectivity index (χ2n) is 6.56. The van der Waals surface area contributed by atoms with E-state index in [1.807, 2.05) is 60.5 Å². The number of nitrogens with zero attached hydrogens (tertiary/aromatic N) is 1. The van der Waals surface area contributed by atoms with Crippen molar-refractivity contribution in [2.75, 3.05) is 26.0 Å². The molecule has 3 aromatic carbocycles. The van der Waals surface area contributed by atoms with E-state index in [0.29, 0.717) is 11.4 Å². The van der Waals surface area contributed by atoms with E-state index in [1.54, 1.807) is 25.3 Å². The van der Waals surface area contributed by atoms with Crippen LogP contribution >= 0.6 is 0 Å². The van der Waals surface area contributed by atoms with Gasteiger partial charge in [-0.05, 0) is 42.4 Å². The molecule has 3 rings (SSSR count). The van der Waals surface area contributed by atoms with Gasteiger partial charge in [-0.1, -0.05) is 48.5 Å². The Morgan fingerprint density at radius 3 is 2.36 bits per heavy atom. The molecule has 0 spiro atoms. The summed E-state index contributed by atoms with van der Waals surface area (Å²) in [5.74, 6) is 0.257. The second-order valence-corrected chi connectivity index (χ2v) is 6.56. The number of rotatable bonds is 7. The quantitative estimate of drug-likeness (QED) is 0.658. The molecule has 0 bridgehead atoms. The predicted octanol–water partition coefficient (Wildman–Crippen LogP) is 4.49. The van der Waals surface area contributed by atoms with Crippen molar-refractivity contribution in [3.05, 3.63) is 95.8 Å². The van der Waals surface area contributed by atoms with Crippen molar-refractivity contribution in [1.29, 1.82) is 0 Å². The van der Waals surface area contributed by atoms with Gasteiger partial charge in [0.25, 0.3) is 0 Å². The third-order valence-electron chi connectivity index (χ3n) is 4.49. The van der Waals surface area contributed by atoms with Gasteiger partial charge in [0.2, 0.25) is 5.91 Å². The third kappa shape index (κ3) is 4.96. The Hall–Kier alpha value is -3.18. The van der Waals surface area contributed by atoms with Crippen molar-refractivity contribution < 1.29 is 13.9 Å². The standard InChI is InChI=1S/C23H23FN2O2/c1-26(16-22(27)25-20-9-6-10-21(15-20)28-2)23(17-7-4-3-5-8-17)18-11-13-19(24)14-12-18/h3-15,23H,16H2,1-2H3,(H,25,27). The highest BCUT2D eigenvalue weighted by atomic mass is 19.1. The number of amides is 1. The number of hydrogen-bond acceptors (Lipinski definition) is 3. The lowest BCUT2D eigenvalue weighted by molar-refractivity contribution is -0.117. The molecular weight excluding hydrogens is 355 g/mol. The molecule has 0 saturated heterocycles. The molecule has 5 heteroatoms. The summed E-state index contributed by atoms with van der Waals surface area (Å²) in [7, 11) is 3.47. The summed E-state index contributed by atoms with van der Waals surface area (Å²) in [6.45, 7) is 0.175. The fourth-order valence-corrected chi connectivity index (χ4v) is 3.20. The molecule has 0 fully saturated rings. The molecule has 1 N–H and O–H groups in total. The molecule has 1 amide bonds. The zero-order valence-corrected chi connectivity index (χ0v) is 15.9. The summed E-state index contributed by atoms with van der Waals surface area (Å²) < 4.78 is 18.6. The maximum Gasteiger partial charge on any atom is 0.238 e. The van der Waals surface area contributed by atoms with Crippen LogP contribution in [0.5, 0.6) is 5.75 Å². The number of anilines is 1. The van der Waals surface area contributed by atoms with E-state index in [2.05, 4.69) is 5.32 Å². The van der Waals surface area contributed by atoms with Gasteiger partial charge in [0.05, 0.1) is 19.7 Å². The molecule has 1 atom stereocenters. The highest BCUT2D eigenvalue weighted by Crippen LogP contribution is 2.27. The average molecular weight is 378 g/mol. The van der Waals surface area contributed by atoms with E-state index in [0.717, 1.165) is 11.1 Å². The Kier molecular flexibility index (Phi) is 6.40. The molecule has 0 heterocycles. The Balaban J connectivity index is 1.78. The molecule has 28 heavy (non-hydrogen) atoms. The number of carbonyl (C=O) groups is 1. The zero-order valence-electron chi connectivity index (χ0n) is 15.9. The van der Waals surface area contributed by atoms with Crippen LogP contribution in [0.4, 0.5) is 10.1 Å². The molecule has 0 saturated carbocycles. The first-order chi connectivity index (χ1) is 13.6.